The van der Waals surface area contributed by atoms with Crippen molar-refractivity contribution in [3.05, 3.63) is 11.6 Å². The molecule has 6 unspecified atom stereocenters. The molecule has 160 valence electrons. The van der Waals surface area contributed by atoms with Crippen molar-refractivity contribution in [3.63, 3.8) is 0 Å². The molecule has 0 aromatic rings. The Labute approximate surface area is 172 Å². The van der Waals surface area contributed by atoms with Crippen LogP contribution in [0, 0.1) is 5.92 Å². The highest BCUT2D eigenvalue weighted by molar-refractivity contribution is 6.28. The van der Waals surface area contributed by atoms with E-state index >= 15 is 0 Å². The normalized spacial score (nSPS) is 35.3. The molecule has 1 spiro atoms. The van der Waals surface area contributed by atoms with Crippen LogP contribution in [0.2, 0.25) is 0 Å². The summed E-state index contributed by atoms with van der Waals surface area (Å²) in [7, 11) is 1.60. The van der Waals surface area contributed by atoms with E-state index in [2.05, 4.69) is 25.2 Å². The van der Waals surface area contributed by atoms with Crippen LogP contribution < -0.4 is 5.32 Å². The van der Waals surface area contributed by atoms with Gasteiger partial charge in [-0.05, 0) is 33.1 Å². The fraction of sp³-hybridized carbons (Fsp3) is 0.800. The van der Waals surface area contributed by atoms with E-state index in [9.17, 15) is 9.59 Å². The Morgan fingerprint density at radius 1 is 1.32 bits per heavy atom. The number of halogens is 1. The molecule has 1 aliphatic carbocycles. The van der Waals surface area contributed by atoms with E-state index in [4.69, 9.17) is 30.5 Å². The van der Waals surface area contributed by atoms with Crippen molar-refractivity contribution < 1.29 is 28.5 Å². The highest BCUT2D eigenvalue weighted by atomic mass is 35.5. The number of ether oxygens (including phenoxy) is 4. The Bertz CT molecular complexity index is 587. The number of alkyl halides is 1. The molecule has 7 nitrogen and oxygen atoms in total. The lowest BCUT2D eigenvalue weighted by Crippen LogP contribution is -2.53. The van der Waals surface area contributed by atoms with Crippen LogP contribution in [-0.4, -0.2) is 61.6 Å². The summed E-state index contributed by atoms with van der Waals surface area (Å²) in [6, 6.07) is 0. The van der Waals surface area contributed by atoms with Gasteiger partial charge in [-0.25, -0.2) is 4.79 Å². The molecule has 3 fully saturated rings. The molecular weight excluding hydrogens is 386 g/mol. The number of alkyl carbamates (subject to hydrolysis) is 1. The minimum atomic E-state index is -0.799. The average molecular weight is 418 g/mol. The number of carbonyl (C=O) groups is 2. The summed E-state index contributed by atoms with van der Waals surface area (Å²) < 4.78 is 22.9. The Morgan fingerprint density at radius 3 is 2.54 bits per heavy atom. The molecule has 0 aromatic carbocycles. The van der Waals surface area contributed by atoms with E-state index in [1.807, 2.05) is 13.8 Å². The lowest BCUT2D eigenvalue weighted by atomic mass is 9.73. The second-order valence-corrected chi connectivity index (χ2v) is 7.67. The van der Waals surface area contributed by atoms with Crippen LogP contribution in [0.1, 0.15) is 47.0 Å². The van der Waals surface area contributed by atoms with Gasteiger partial charge in [0, 0.05) is 13.0 Å². The zero-order valence-electron chi connectivity index (χ0n) is 17.3. The first-order chi connectivity index (χ1) is 13.4. The topological polar surface area (TPSA) is 89.7 Å². The smallest absolute Gasteiger partial charge is 0.414 e. The molecule has 3 rings (SSSR count). The predicted octanol–water partition coefficient (Wildman–Crippen LogP) is 3.19. The van der Waals surface area contributed by atoms with Gasteiger partial charge in [0.2, 0.25) is 5.91 Å². The van der Waals surface area contributed by atoms with Crippen molar-refractivity contribution in [2.75, 3.05) is 19.6 Å². The van der Waals surface area contributed by atoms with Crippen LogP contribution in [0.5, 0.6) is 0 Å². The van der Waals surface area contributed by atoms with Crippen molar-refractivity contribution in [2.24, 2.45) is 5.92 Å². The summed E-state index contributed by atoms with van der Waals surface area (Å²) in [5, 5.41) is 2.10. The van der Waals surface area contributed by atoms with Gasteiger partial charge in [-0.15, -0.1) is 11.6 Å². The molecule has 2 saturated heterocycles. The maximum absolute atomic E-state index is 11.9. The fourth-order valence-corrected chi connectivity index (χ4v) is 3.98. The molecule has 0 bridgehead atoms. The molecule has 2 amide bonds. The highest BCUT2D eigenvalue weighted by Crippen LogP contribution is 2.54. The zero-order valence-corrected chi connectivity index (χ0v) is 18.1. The van der Waals surface area contributed by atoms with Gasteiger partial charge >= 0.3 is 6.09 Å². The molecular formula is C20H32ClNO6. The number of methoxy groups -OCH3 is 1. The lowest BCUT2D eigenvalue weighted by Gasteiger charge is -2.39. The number of amides is 2. The minimum absolute atomic E-state index is 0.00154. The molecule has 0 radical (unpaired) electrons. The summed E-state index contributed by atoms with van der Waals surface area (Å²) in [6.07, 6.45) is 2.96. The van der Waals surface area contributed by atoms with E-state index < -0.39 is 18.1 Å². The fourth-order valence-electron chi connectivity index (χ4n) is 3.92. The molecule has 0 aromatic heterocycles. The standard InChI is InChI=1S/C18H26ClNO6.C2H6/c1-10(2)4-5-11-16(25-11)14-15(23-3)12(6-7-18(14)9-24-18)26-17(22)20-13(21)8-19;1-2/h4,11-12,14-16H,5-9H2,1-3H3,(H,20,21,22);1-2H3. The third-order valence-corrected chi connectivity index (χ3v) is 5.57. The summed E-state index contributed by atoms with van der Waals surface area (Å²) in [6.45, 7) is 8.80. The van der Waals surface area contributed by atoms with Gasteiger partial charge in [0.05, 0.1) is 24.4 Å². The van der Waals surface area contributed by atoms with Crippen molar-refractivity contribution in [1.29, 1.82) is 0 Å². The number of hydrogen-bond donors (Lipinski definition) is 1. The van der Waals surface area contributed by atoms with Gasteiger partial charge in [0.1, 0.15) is 18.1 Å². The zero-order chi connectivity index (χ0) is 20.9. The average Bonchev–Trinajstić information content (AvgIpc) is 3.60. The lowest BCUT2D eigenvalue weighted by molar-refractivity contribution is -0.120. The van der Waals surface area contributed by atoms with Crippen LogP contribution in [-0.2, 0) is 23.7 Å². The first-order valence-corrected chi connectivity index (χ1v) is 10.5. The Balaban J connectivity index is 0.00000136. The maximum Gasteiger partial charge on any atom is 0.414 e. The molecule has 2 heterocycles. The van der Waals surface area contributed by atoms with E-state index in [1.54, 1.807) is 7.11 Å². The molecule has 28 heavy (non-hydrogen) atoms. The van der Waals surface area contributed by atoms with Crippen molar-refractivity contribution >= 4 is 23.6 Å². The third kappa shape index (κ3) is 5.47. The van der Waals surface area contributed by atoms with Crippen LogP contribution in [0.25, 0.3) is 0 Å². The van der Waals surface area contributed by atoms with E-state index in [0.29, 0.717) is 13.0 Å². The summed E-state index contributed by atoms with van der Waals surface area (Å²) in [5.41, 5.74) is 1.01. The first-order valence-electron chi connectivity index (χ1n) is 9.92. The van der Waals surface area contributed by atoms with Crippen molar-refractivity contribution in [1.82, 2.24) is 5.32 Å². The van der Waals surface area contributed by atoms with Crippen molar-refractivity contribution in [3.8, 4) is 0 Å². The number of allylic oxidation sites excluding steroid dienone is 1. The molecule has 3 aliphatic rings. The quantitative estimate of drug-likeness (QED) is 0.405. The van der Waals surface area contributed by atoms with Crippen LogP contribution in [0.15, 0.2) is 11.6 Å². The first kappa shape index (κ1) is 23.1. The van der Waals surface area contributed by atoms with Gasteiger partial charge in [-0.3, -0.25) is 10.1 Å². The molecule has 2 aliphatic heterocycles. The second kappa shape index (κ2) is 10.1. The largest absolute Gasteiger partial charge is 0.443 e. The SMILES string of the molecule is CC.COC1C(OC(=O)NC(=O)CCl)CCC2(CO2)C1C1OC1CC=C(C)C. The molecule has 8 heteroatoms. The van der Waals surface area contributed by atoms with Gasteiger partial charge in [0.15, 0.2) is 0 Å². The summed E-state index contributed by atoms with van der Waals surface area (Å²) in [4.78, 5) is 23.2. The van der Waals surface area contributed by atoms with Gasteiger partial charge < -0.3 is 18.9 Å². The summed E-state index contributed by atoms with van der Waals surface area (Å²) in [5.74, 6) is -0.889. The number of epoxide rings is 2. The molecule has 1 saturated carbocycles. The molecule has 6 atom stereocenters. The number of hydrogen-bond acceptors (Lipinski definition) is 6. The van der Waals surface area contributed by atoms with Crippen LogP contribution in [0.4, 0.5) is 4.79 Å². The number of rotatable bonds is 6. The van der Waals surface area contributed by atoms with Crippen LogP contribution in [0.3, 0.4) is 0 Å². The van der Waals surface area contributed by atoms with E-state index in [0.717, 1.165) is 12.8 Å². The van der Waals surface area contributed by atoms with Gasteiger partial charge in [-0.1, -0.05) is 25.5 Å². The number of nitrogens with one attached hydrogen (secondary N) is 1. The number of carbonyl (C=O) groups excluding carboxylic acids is 2. The minimum Gasteiger partial charge on any atom is -0.443 e. The maximum atomic E-state index is 11.9. The Kier molecular flexibility index (Phi) is 8.30. The summed E-state index contributed by atoms with van der Waals surface area (Å²) >= 11 is 5.40. The third-order valence-electron chi connectivity index (χ3n) is 5.32. The van der Waals surface area contributed by atoms with Crippen molar-refractivity contribution in [2.45, 2.75) is 77.0 Å². The van der Waals surface area contributed by atoms with Crippen LogP contribution >= 0.6 is 11.6 Å². The van der Waals surface area contributed by atoms with E-state index in [-0.39, 0.29) is 35.7 Å². The predicted molar refractivity (Wildman–Crippen MR) is 105 cm³/mol. The second-order valence-electron chi connectivity index (χ2n) is 7.40. The highest BCUT2D eigenvalue weighted by Gasteiger charge is 2.66. The number of imide groups is 1. The Morgan fingerprint density at radius 2 is 2.00 bits per heavy atom. The van der Waals surface area contributed by atoms with E-state index in [1.165, 1.54) is 5.57 Å². The Hall–Kier alpha value is -1.15. The van der Waals surface area contributed by atoms with Gasteiger partial charge in [-0.2, -0.15) is 0 Å². The van der Waals surface area contributed by atoms with Gasteiger partial charge in [0.25, 0.3) is 0 Å². The monoisotopic (exact) mass is 417 g/mol. The molecule has 1 N–H and O–H groups in total.